The lowest BCUT2D eigenvalue weighted by atomic mass is 9.95. The number of aliphatic hydroxyl groups excluding tert-OH is 1. The van der Waals surface area contributed by atoms with Crippen molar-refractivity contribution in [1.29, 1.82) is 0 Å². The van der Waals surface area contributed by atoms with Gasteiger partial charge < -0.3 is 19.5 Å². The molecule has 1 aliphatic rings. The van der Waals surface area contributed by atoms with Gasteiger partial charge in [-0.2, -0.15) is 0 Å². The molecule has 3 aromatic carbocycles. The lowest BCUT2D eigenvalue weighted by molar-refractivity contribution is -0.140. The Morgan fingerprint density at radius 2 is 1.67 bits per heavy atom. The fraction of sp³-hybridized carbons (Fsp3) is 0.154. The maximum atomic E-state index is 14.0. The van der Waals surface area contributed by atoms with E-state index in [-0.39, 0.29) is 23.4 Å². The first-order valence-electron chi connectivity index (χ1n) is 10.2. The predicted molar refractivity (Wildman–Crippen MR) is 120 cm³/mol. The van der Waals surface area contributed by atoms with Crippen molar-refractivity contribution in [3.8, 4) is 11.5 Å². The van der Waals surface area contributed by atoms with Gasteiger partial charge in [0.15, 0.2) is 0 Å². The summed E-state index contributed by atoms with van der Waals surface area (Å²) in [5.41, 5.74) is 1.30. The Bertz CT molecular complexity index is 1220. The molecule has 6 nitrogen and oxygen atoms in total. The number of ether oxygens (including phenoxy) is 2. The van der Waals surface area contributed by atoms with Crippen molar-refractivity contribution >= 4 is 17.4 Å². The summed E-state index contributed by atoms with van der Waals surface area (Å²) in [6.07, 6.45) is 0. The number of carbonyl (C=O) groups is 2. The average molecular weight is 447 g/mol. The largest absolute Gasteiger partial charge is 0.507 e. The third kappa shape index (κ3) is 4.17. The van der Waals surface area contributed by atoms with Crippen molar-refractivity contribution in [3.63, 3.8) is 0 Å². The van der Waals surface area contributed by atoms with Crippen LogP contribution in [0.15, 0.2) is 78.4 Å². The van der Waals surface area contributed by atoms with E-state index in [2.05, 4.69) is 0 Å². The summed E-state index contributed by atoms with van der Waals surface area (Å²) >= 11 is 0. The van der Waals surface area contributed by atoms with E-state index in [1.54, 1.807) is 55.6 Å². The van der Waals surface area contributed by atoms with Gasteiger partial charge in [0, 0.05) is 6.54 Å². The Hall–Kier alpha value is -4.13. The molecule has 0 radical (unpaired) electrons. The number of hydrogen-bond acceptors (Lipinski definition) is 5. The third-order valence-electron chi connectivity index (χ3n) is 5.58. The lowest BCUT2D eigenvalue weighted by Gasteiger charge is -2.25. The first-order valence-corrected chi connectivity index (χ1v) is 10.2. The van der Waals surface area contributed by atoms with Crippen molar-refractivity contribution in [2.45, 2.75) is 12.6 Å². The summed E-state index contributed by atoms with van der Waals surface area (Å²) in [6.45, 7) is 0.130. The van der Waals surface area contributed by atoms with Crippen LogP contribution in [0, 0.1) is 5.82 Å². The lowest BCUT2D eigenvalue weighted by Crippen LogP contribution is -2.29. The van der Waals surface area contributed by atoms with E-state index in [1.807, 2.05) is 6.07 Å². The SMILES string of the molecule is COc1ccc(CN2C(=O)C(=O)/C(=C(/O)c3cc(F)ccc3OC)C2c2ccccc2)cc1. The van der Waals surface area contributed by atoms with Crippen LogP contribution in [0.4, 0.5) is 4.39 Å². The van der Waals surface area contributed by atoms with Crippen LogP contribution in [0.2, 0.25) is 0 Å². The van der Waals surface area contributed by atoms with Gasteiger partial charge in [0.25, 0.3) is 11.7 Å². The molecule has 0 aromatic heterocycles. The number of nitrogens with zero attached hydrogens (tertiary/aromatic N) is 1. The van der Waals surface area contributed by atoms with Crippen molar-refractivity contribution in [2.75, 3.05) is 14.2 Å². The number of amides is 1. The Morgan fingerprint density at radius 3 is 2.30 bits per heavy atom. The molecule has 1 N–H and O–H groups in total. The van der Waals surface area contributed by atoms with Crippen molar-refractivity contribution in [2.24, 2.45) is 0 Å². The molecule has 4 rings (SSSR count). The van der Waals surface area contributed by atoms with Gasteiger partial charge in [0.05, 0.1) is 31.4 Å². The van der Waals surface area contributed by atoms with Gasteiger partial charge in [-0.05, 0) is 41.5 Å². The molecular weight excluding hydrogens is 425 g/mol. The van der Waals surface area contributed by atoms with E-state index in [9.17, 15) is 19.1 Å². The van der Waals surface area contributed by atoms with E-state index >= 15 is 0 Å². The van der Waals surface area contributed by atoms with Gasteiger partial charge in [-0.1, -0.05) is 42.5 Å². The molecule has 0 aliphatic carbocycles. The summed E-state index contributed by atoms with van der Waals surface area (Å²) < 4.78 is 24.4. The second kappa shape index (κ2) is 9.16. The van der Waals surface area contributed by atoms with Crippen molar-refractivity contribution in [3.05, 3.63) is 101 Å². The molecule has 1 atom stereocenters. The Labute approximate surface area is 190 Å². The number of carbonyl (C=O) groups excluding carboxylic acids is 2. The van der Waals surface area contributed by atoms with E-state index in [0.29, 0.717) is 11.3 Å². The zero-order chi connectivity index (χ0) is 23.5. The summed E-state index contributed by atoms with van der Waals surface area (Å²) in [4.78, 5) is 27.6. The van der Waals surface area contributed by atoms with Crippen LogP contribution in [0.1, 0.15) is 22.7 Å². The monoisotopic (exact) mass is 447 g/mol. The number of likely N-dealkylation sites (tertiary alicyclic amines) is 1. The maximum absolute atomic E-state index is 14.0. The van der Waals surface area contributed by atoms with Crippen LogP contribution >= 0.6 is 0 Å². The molecule has 3 aromatic rings. The van der Waals surface area contributed by atoms with Crippen molar-refractivity contribution < 1.29 is 28.6 Å². The zero-order valence-electron chi connectivity index (χ0n) is 18.1. The van der Waals surface area contributed by atoms with Crippen LogP contribution in [-0.2, 0) is 16.1 Å². The first kappa shape index (κ1) is 22.1. The van der Waals surface area contributed by atoms with E-state index in [1.165, 1.54) is 24.1 Å². The standard InChI is InChI=1S/C26H22FNO5/c1-32-19-11-8-16(9-12-19)15-28-23(17-6-4-3-5-7-17)22(25(30)26(28)31)24(29)20-14-18(27)10-13-21(20)33-2/h3-14,23,29H,15H2,1-2H3/b24-22+. The molecule has 1 aliphatic heterocycles. The Morgan fingerprint density at radius 1 is 0.970 bits per heavy atom. The molecule has 0 spiro atoms. The first-order chi connectivity index (χ1) is 15.9. The van der Waals surface area contributed by atoms with Crippen LogP contribution < -0.4 is 9.47 Å². The van der Waals surface area contributed by atoms with E-state index in [4.69, 9.17) is 9.47 Å². The summed E-state index contributed by atoms with van der Waals surface area (Å²) in [6, 6.07) is 18.8. The number of halogens is 1. The average Bonchev–Trinajstić information content (AvgIpc) is 3.09. The molecular formula is C26H22FNO5. The van der Waals surface area contributed by atoms with Gasteiger partial charge in [-0.3, -0.25) is 9.59 Å². The quantitative estimate of drug-likeness (QED) is 0.343. The Balaban J connectivity index is 1.86. The van der Waals surface area contributed by atoms with Gasteiger partial charge in [-0.25, -0.2) is 4.39 Å². The van der Waals surface area contributed by atoms with Gasteiger partial charge in [0.1, 0.15) is 23.1 Å². The molecule has 7 heteroatoms. The summed E-state index contributed by atoms with van der Waals surface area (Å²) in [7, 11) is 2.94. The molecule has 1 amide bonds. The molecule has 0 bridgehead atoms. The van der Waals surface area contributed by atoms with Crippen LogP contribution in [0.3, 0.4) is 0 Å². The zero-order valence-corrected chi connectivity index (χ0v) is 18.1. The molecule has 0 saturated carbocycles. The number of benzene rings is 3. The predicted octanol–water partition coefficient (Wildman–Crippen LogP) is 4.46. The second-order valence-electron chi connectivity index (χ2n) is 7.53. The highest BCUT2D eigenvalue weighted by molar-refractivity contribution is 6.46. The minimum atomic E-state index is -0.860. The molecule has 1 fully saturated rings. The van der Waals surface area contributed by atoms with Crippen LogP contribution in [-0.4, -0.2) is 35.9 Å². The number of Topliss-reactive ketones (excluding diaryl/α,β-unsaturated/α-hetero) is 1. The van der Waals surface area contributed by atoms with Crippen molar-refractivity contribution in [1.82, 2.24) is 4.90 Å². The number of methoxy groups -OCH3 is 2. The number of rotatable bonds is 6. The molecule has 1 saturated heterocycles. The highest BCUT2D eigenvalue weighted by Gasteiger charge is 2.46. The fourth-order valence-corrected chi connectivity index (χ4v) is 3.96. The fourth-order valence-electron chi connectivity index (χ4n) is 3.96. The summed E-state index contributed by atoms with van der Waals surface area (Å²) in [5.74, 6) is -1.85. The van der Waals surface area contributed by atoms with Gasteiger partial charge in [0.2, 0.25) is 0 Å². The maximum Gasteiger partial charge on any atom is 0.295 e. The number of ketones is 1. The van der Waals surface area contributed by atoms with Gasteiger partial charge >= 0.3 is 0 Å². The molecule has 168 valence electrons. The van der Waals surface area contributed by atoms with E-state index < -0.39 is 29.3 Å². The smallest absolute Gasteiger partial charge is 0.295 e. The topological polar surface area (TPSA) is 76.1 Å². The van der Waals surface area contributed by atoms with E-state index in [0.717, 1.165) is 11.6 Å². The summed E-state index contributed by atoms with van der Waals surface area (Å²) in [5, 5.41) is 11.1. The highest BCUT2D eigenvalue weighted by Crippen LogP contribution is 2.41. The second-order valence-corrected chi connectivity index (χ2v) is 7.53. The Kier molecular flexibility index (Phi) is 6.13. The molecule has 1 unspecified atom stereocenters. The van der Waals surface area contributed by atoms with Gasteiger partial charge in [-0.15, -0.1) is 0 Å². The normalized spacial score (nSPS) is 17.3. The number of aliphatic hydroxyl groups is 1. The number of hydrogen-bond donors (Lipinski definition) is 1. The molecule has 1 heterocycles. The highest BCUT2D eigenvalue weighted by atomic mass is 19.1. The minimum absolute atomic E-state index is 0.000814. The molecule has 33 heavy (non-hydrogen) atoms. The minimum Gasteiger partial charge on any atom is -0.507 e. The van der Waals surface area contributed by atoms with Crippen LogP contribution in [0.5, 0.6) is 11.5 Å². The van der Waals surface area contributed by atoms with Crippen LogP contribution in [0.25, 0.3) is 5.76 Å². The third-order valence-corrected chi connectivity index (χ3v) is 5.58.